The Morgan fingerprint density at radius 3 is 2.86 bits per heavy atom. The van der Waals surface area contributed by atoms with Gasteiger partial charge in [-0.05, 0) is 12.8 Å². The summed E-state index contributed by atoms with van der Waals surface area (Å²) in [6.07, 6.45) is 4.27. The summed E-state index contributed by atoms with van der Waals surface area (Å²) in [4.78, 5) is 13.3. The second-order valence-corrected chi connectivity index (χ2v) is 6.71. The van der Waals surface area contributed by atoms with Crippen molar-refractivity contribution < 1.29 is 5.11 Å². The molecule has 0 aliphatic heterocycles. The van der Waals surface area contributed by atoms with Gasteiger partial charge in [-0.15, -0.1) is 0 Å². The topological polar surface area (TPSA) is 97.0 Å². The fourth-order valence-electron chi connectivity index (χ4n) is 1.81. The van der Waals surface area contributed by atoms with Gasteiger partial charge in [-0.3, -0.25) is 0 Å². The third-order valence-corrected chi connectivity index (χ3v) is 4.67. The molecule has 0 aliphatic carbocycles. The summed E-state index contributed by atoms with van der Waals surface area (Å²) < 4.78 is 0.878. The van der Waals surface area contributed by atoms with E-state index in [-0.39, 0.29) is 6.61 Å². The van der Waals surface area contributed by atoms with Crippen LogP contribution in [0, 0.1) is 0 Å². The van der Waals surface area contributed by atoms with Crippen LogP contribution in [-0.4, -0.2) is 39.0 Å². The molecule has 0 aliphatic rings. The second-order valence-electron chi connectivity index (χ2n) is 4.62. The summed E-state index contributed by atoms with van der Waals surface area (Å²) in [7, 11) is 0. The summed E-state index contributed by atoms with van der Waals surface area (Å²) in [5, 5.41) is 13.3. The Morgan fingerprint density at radius 2 is 2.10 bits per heavy atom. The van der Waals surface area contributed by atoms with Crippen LogP contribution in [0.1, 0.15) is 32.6 Å². The van der Waals surface area contributed by atoms with E-state index in [1.807, 2.05) is 0 Å². The highest BCUT2D eigenvalue weighted by Crippen LogP contribution is 2.30. The molecule has 0 spiro atoms. The number of nitrogens with two attached hydrogens (primary N) is 1. The summed E-state index contributed by atoms with van der Waals surface area (Å²) in [5.74, 6) is 1.77. The molecule has 0 unspecified atom stereocenters. The van der Waals surface area contributed by atoms with Gasteiger partial charge < -0.3 is 16.2 Å². The van der Waals surface area contributed by atoms with Gasteiger partial charge in [-0.1, -0.05) is 42.9 Å². The Balaban J connectivity index is 2.13. The van der Waals surface area contributed by atoms with Crippen molar-refractivity contribution in [2.45, 2.75) is 37.8 Å². The number of thiazole rings is 1. The number of aliphatic hydroxyl groups is 1. The van der Waals surface area contributed by atoms with Crippen LogP contribution in [-0.2, 0) is 0 Å². The number of fused-ring (bicyclic) bond motifs is 1. The lowest BCUT2D eigenvalue weighted by Gasteiger charge is -2.07. The lowest BCUT2D eigenvalue weighted by molar-refractivity contribution is 0.292. The number of hydrogen-bond donors (Lipinski definition) is 3. The summed E-state index contributed by atoms with van der Waals surface area (Å²) in [5.41, 5.74) is 6.42. The van der Waals surface area contributed by atoms with Crippen LogP contribution in [0.25, 0.3) is 10.3 Å². The molecule has 2 aromatic rings. The second kappa shape index (κ2) is 8.35. The number of nitrogens with one attached hydrogen (secondary N) is 1. The monoisotopic (exact) mass is 327 g/mol. The van der Waals surface area contributed by atoms with Crippen LogP contribution in [0.5, 0.6) is 0 Å². The first-order chi connectivity index (χ1) is 10.2. The van der Waals surface area contributed by atoms with Gasteiger partial charge in [0.25, 0.3) is 0 Å². The molecule has 21 heavy (non-hydrogen) atoms. The van der Waals surface area contributed by atoms with Crippen LogP contribution in [0.15, 0.2) is 5.16 Å². The Kier molecular flexibility index (Phi) is 6.47. The maximum Gasteiger partial charge on any atom is 0.191 e. The number of hydrogen-bond acceptors (Lipinski definition) is 8. The lowest BCUT2D eigenvalue weighted by atomic mass is 10.3. The zero-order chi connectivity index (χ0) is 15.1. The molecule has 116 valence electrons. The van der Waals surface area contributed by atoms with Crippen molar-refractivity contribution in [3.8, 4) is 0 Å². The highest BCUT2D eigenvalue weighted by molar-refractivity contribution is 7.99. The van der Waals surface area contributed by atoms with E-state index in [1.165, 1.54) is 24.2 Å². The quantitative estimate of drug-likeness (QED) is 0.370. The van der Waals surface area contributed by atoms with Crippen molar-refractivity contribution in [3.63, 3.8) is 0 Å². The number of nitrogens with zero attached hydrogens (tertiary/aromatic N) is 3. The molecule has 0 bridgehead atoms. The maximum atomic E-state index is 8.88. The van der Waals surface area contributed by atoms with E-state index in [2.05, 4.69) is 27.2 Å². The summed E-state index contributed by atoms with van der Waals surface area (Å²) in [6, 6.07) is 0. The van der Waals surface area contributed by atoms with E-state index in [0.717, 1.165) is 27.8 Å². The summed E-state index contributed by atoms with van der Waals surface area (Å²) >= 11 is 3.03. The highest BCUT2D eigenvalue weighted by Gasteiger charge is 2.12. The van der Waals surface area contributed by atoms with E-state index < -0.39 is 0 Å². The molecule has 0 aromatic carbocycles. The van der Waals surface area contributed by atoms with Gasteiger partial charge in [-0.2, -0.15) is 0 Å². The van der Waals surface area contributed by atoms with Crippen LogP contribution in [0.2, 0.25) is 0 Å². The largest absolute Gasteiger partial charge is 0.396 e. The third kappa shape index (κ3) is 4.69. The molecular formula is C13H21N5OS2. The molecule has 2 rings (SSSR count). The number of anilines is 2. The van der Waals surface area contributed by atoms with Gasteiger partial charge in [0, 0.05) is 18.9 Å². The number of unbranched alkanes of at least 4 members (excludes halogenated alkanes) is 2. The number of rotatable bonds is 9. The van der Waals surface area contributed by atoms with Crippen LogP contribution < -0.4 is 11.1 Å². The predicted octanol–water partition coefficient (Wildman–Crippen LogP) is 2.75. The minimum absolute atomic E-state index is 0.157. The van der Waals surface area contributed by atoms with Gasteiger partial charge >= 0.3 is 0 Å². The molecule has 0 radical (unpaired) electrons. The molecule has 0 amide bonds. The molecule has 4 N–H and O–H groups in total. The smallest absolute Gasteiger partial charge is 0.191 e. The maximum absolute atomic E-state index is 8.88. The van der Waals surface area contributed by atoms with E-state index in [0.29, 0.717) is 23.7 Å². The standard InChI is InChI=1S/C13H21N5OS2/c1-2-3-4-8-20-13-17-10(15-6-5-7-19)9-11(18-13)16-12(14)21-9/h19H,2-8H2,1H3,(H3,14,15,16,17,18). The van der Waals surface area contributed by atoms with Crippen LogP contribution in [0.4, 0.5) is 10.9 Å². The van der Waals surface area contributed by atoms with Crippen molar-refractivity contribution in [2.75, 3.05) is 30.0 Å². The van der Waals surface area contributed by atoms with Gasteiger partial charge in [0.15, 0.2) is 21.8 Å². The summed E-state index contributed by atoms with van der Waals surface area (Å²) in [6.45, 7) is 3.01. The average Bonchev–Trinajstić information content (AvgIpc) is 2.84. The van der Waals surface area contributed by atoms with Crippen molar-refractivity contribution in [1.29, 1.82) is 0 Å². The Morgan fingerprint density at radius 1 is 1.24 bits per heavy atom. The van der Waals surface area contributed by atoms with Crippen molar-refractivity contribution in [1.82, 2.24) is 15.0 Å². The van der Waals surface area contributed by atoms with E-state index >= 15 is 0 Å². The molecule has 8 heteroatoms. The Bertz CT molecular complexity index is 575. The highest BCUT2D eigenvalue weighted by atomic mass is 32.2. The molecular weight excluding hydrogens is 306 g/mol. The minimum atomic E-state index is 0.157. The first-order valence-electron chi connectivity index (χ1n) is 7.16. The molecule has 0 fully saturated rings. The molecule has 0 saturated heterocycles. The fraction of sp³-hybridized carbons (Fsp3) is 0.615. The van der Waals surface area contributed by atoms with E-state index in [1.54, 1.807) is 11.8 Å². The van der Waals surface area contributed by atoms with E-state index in [9.17, 15) is 0 Å². The fourth-order valence-corrected chi connectivity index (χ4v) is 3.38. The van der Waals surface area contributed by atoms with Gasteiger partial charge in [0.2, 0.25) is 0 Å². The lowest BCUT2D eigenvalue weighted by Crippen LogP contribution is -2.06. The molecule has 6 nitrogen and oxygen atoms in total. The third-order valence-electron chi connectivity index (χ3n) is 2.86. The van der Waals surface area contributed by atoms with Crippen molar-refractivity contribution >= 4 is 44.4 Å². The Labute approximate surface area is 132 Å². The zero-order valence-electron chi connectivity index (χ0n) is 12.1. The Hall–Kier alpha value is -1.12. The number of aromatic nitrogens is 3. The minimum Gasteiger partial charge on any atom is -0.396 e. The van der Waals surface area contributed by atoms with Crippen molar-refractivity contribution in [3.05, 3.63) is 0 Å². The number of thioether (sulfide) groups is 1. The first-order valence-corrected chi connectivity index (χ1v) is 8.96. The normalized spacial score (nSPS) is 11.1. The molecule has 0 saturated carbocycles. The SMILES string of the molecule is CCCCCSc1nc(NCCCO)c2sc(N)nc2n1. The van der Waals surface area contributed by atoms with Crippen LogP contribution >= 0.6 is 23.1 Å². The van der Waals surface area contributed by atoms with Gasteiger partial charge in [-0.25, -0.2) is 15.0 Å². The predicted molar refractivity (Wildman–Crippen MR) is 90.1 cm³/mol. The molecule has 2 heterocycles. The molecule has 0 atom stereocenters. The van der Waals surface area contributed by atoms with Crippen molar-refractivity contribution in [2.24, 2.45) is 0 Å². The zero-order valence-corrected chi connectivity index (χ0v) is 13.8. The van der Waals surface area contributed by atoms with E-state index in [4.69, 9.17) is 10.8 Å². The van der Waals surface area contributed by atoms with Crippen LogP contribution in [0.3, 0.4) is 0 Å². The first kappa shape index (κ1) is 16.3. The number of nitrogen functional groups attached to an aromatic ring is 1. The average molecular weight is 327 g/mol. The van der Waals surface area contributed by atoms with Gasteiger partial charge in [0.05, 0.1) is 0 Å². The molecule has 2 aromatic heterocycles. The van der Waals surface area contributed by atoms with Gasteiger partial charge in [0.1, 0.15) is 4.70 Å². The number of aliphatic hydroxyl groups excluding tert-OH is 1.